The molecule has 0 saturated heterocycles. The van der Waals surface area contributed by atoms with Gasteiger partial charge in [0.05, 0.1) is 18.7 Å². The number of anilines is 1. The molecule has 27 heavy (non-hydrogen) atoms. The number of rotatable bonds is 9. The number of nitrogens with zero attached hydrogens (tertiary/aromatic N) is 1. The maximum Gasteiger partial charge on any atom is 0.408 e. The Bertz CT molecular complexity index is 643. The molecule has 0 unspecified atom stereocenters. The molecule has 1 rings (SSSR count). The van der Waals surface area contributed by atoms with E-state index in [1.54, 1.807) is 44.8 Å². The van der Waals surface area contributed by atoms with Crippen molar-refractivity contribution < 1.29 is 23.9 Å². The van der Waals surface area contributed by atoms with E-state index >= 15 is 0 Å². The van der Waals surface area contributed by atoms with Crippen LogP contribution < -0.4 is 10.6 Å². The Kier molecular flexibility index (Phi) is 9.57. The van der Waals surface area contributed by atoms with Crippen molar-refractivity contribution in [2.75, 3.05) is 23.9 Å². The molecule has 0 saturated carbocycles. The number of ether oxygens (including phenoxy) is 2. The van der Waals surface area contributed by atoms with E-state index in [0.29, 0.717) is 29.6 Å². The third-order valence-electron chi connectivity index (χ3n) is 3.03. The highest BCUT2D eigenvalue weighted by Crippen LogP contribution is 2.17. The lowest BCUT2D eigenvalue weighted by Gasteiger charge is -2.23. The highest BCUT2D eigenvalue weighted by Gasteiger charge is 2.25. The quantitative estimate of drug-likeness (QED) is 0.595. The molecule has 10 heteroatoms. The standard InChI is InChI=1S/C17H27N3O5S2/c1-6-24-13(21)9-11-10-27-15(18-11)20-14(22)12(7-8-26-5)19-16(23)25-17(2,3)4/h10,12H,6-9H2,1-5H3,(H,19,23)(H,18,20,22)/t12-/m0/s1. The van der Waals surface area contributed by atoms with Crippen molar-refractivity contribution in [2.24, 2.45) is 0 Å². The Hall–Kier alpha value is -1.81. The summed E-state index contributed by atoms with van der Waals surface area (Å²) >= 11 is 2.78. The summed E-state index contributed by atoms with van der Waals surface area (Å²) in [5.74, 6) is -0.0584. The molecule has 0 aliphatic rings. The van der Waals surface area contributed by atoms with Crippen molar-refractivity contribution in [2.45, 2.75) is 52.2 Å². The molecule has 1 aromatic rings. The van der Waals surface area contributed by atoms with Crippen LogP contribution in [0.25, 0.3) is 0 Å². The first kappa shape index (κ1) is 23.2. The van der Waals surface area contributed by atoms with Gasteiger partial charge in [-0.2, -0.15) is 11.8 Å². The summed E-state index contributed by atoms with van der Waals surface area (Å²) in [5.41, 5.74) is -0.128. The number of carbonyl (C=O) groups excluding carboxylic acids is 3. The van der Waals surface area contributed by atoms with Crippen molar-refractivity contribution in [3.63, 3.8) is 0 Å². The lowest BCUT2D eigenvalue weighted by molar-refractivity contribution is -0.142. The molecular weight excluding hydrogens is 390 g/mol. The molecule has 0 spiro atoms. The van der Waals surface area contributed by atoms with Gasteiger partial charge in [0.25, 0.3) is 0 Å². The van der Waals surface area contributed by atoms with Gasteiger partial charge in [0, 0.05) is 5.38 Å². The van der Waals surface area contributed by atoms with Crippen LogP contribution in [-0.2, 0) is 25.5 Å². The highest BCUT2D eigenvalue weighted by molar-refractivity contribution is 7.98. The third kappa shape index (κ3) is 9.62. The number of amides is 2. The summed E-state index contributed by atoms with van der Waals surface area (Å²) in [6.45, 7) is 7.30. The predicted octanol–water partition coefficient (Wildman–Crippen LogP) is 2.83. The van der Waals surface area contributed by atoms with Crippen molar-refractivity contribution in [1.82, 2.24) is 10.3 Å². The monoisotopic (exact) mass is 417 g/mol. The minimum Gasteiger partial charge on any atom is -0.466 e. The maximum atomic E-state index is 12.5. The van der Waals surface area contributed by atoms with Crippen LogP contribution in [0.4, 0.5) is 9.93 Å². The van der Waals surface area contributed by atoms with E-state index in [2.05, 4.69) is 15.6 Å². The SMILES string of the molecule is CCOC(=O)Cc1csc(NC(=O)[C@H](CCSC)NC(=O)OC(C)(C)C)n1. The Morgan fingerprint density at radius 1 is 1.33 bits per heavy atom. The van der Waals surface area contributed by atoms with Gasteiger partial charge in [-0.1, -0.05) is 0 Å². The zero-order chi connectivity index (χ0) is 20.4. The van der Waals surface area contributed by atoms with Crippen LogP contribution in [0.15, 0.2) is 5.38 Å². The molecule has 2 N–H and O–H groups in total. The number of carbonyl (C=O) groups is 3. The Morgan fingerprint density at radius 2 is 2.04 bits per heavy atom. The zero-order valence-corrected chi connectivity index (χ0v) is 17.9. The summed E-state index contributed by atoms with van der Waals surface area (Å²) in [6, 6.07) is -0.746. The second-order valence-electron chi connectivity index (χ2n) is 6.60. The van der Waals surface area contributed by atoms with Crippen molar-refractivity contribution in [3.05, 3.63) is 11.1 Å². The number of esters is 1. The molecule has 152 valence electrons. The molecule has 0 bridgehead atoms. The highest BCUT2D eigenvalue weighted by atomic mass is 32.2. The molecule has 0 aliphatic carbocycles. The number of thioether (sulfide) groups is 1. The summed E-state index contributed by atoms with van der Waals surface area (Å²) < 4.78 is 10.1. The van der Waals surface area contributed by atoms with E-state index in [0.717, 1.165) is 0 Å². The van der Waals surface area contributed by atoms with E-state index in [4.69, 9.17) is 9.47 Å². The first-order valence-corrected chi connectivity index (χ1v) is 10.8. The van der Waals surface area contributed by atoms with Gasteiger partial charge in [-0.25, -0.2) is 9.78 Å². The van der Waals surface area contributed by atoms with Crippen molar-refractivity contribution in [3.8, 4) is 0 Å². The topological polar surface area (TPSA) is 107 Å². The number of nitrogens with one attached hydrogen (secondary N) is 2. The van der Waals surface area contributed by atoms with Gasteiger partial charge in [-0.3, -0.25) is 9.59 Å². The largest absolute Gasteiger partial charge is 0.466 e. The fourth-order valence-corrected chi connectivity index (χ4v) is 3.14. The average molecular weight is 418 g/mol. The average Bonchev–Trinajstić information content (AvgIpc) is 2.96. The number of hydrogen-bond donors (Lipinski definition) is 2. The fraction of sp³-hybridized carbons (Fsp3) is 0.647. The van der Waals surface area contributed by atoms with E-state index in [-0.39, 0.29) is 18.3 Å². The summed E-state index contributed by atoms with van der Waals surface area (Å²) in [7, 11) is 0. The van der Waals surface area contributed by atoms with Crippen LogP contribution in [0.3, 0.4) is 0 Å². The van der Waals surface area contributed by atoms with Gasteiger partial charge in [0.2, 0.25) is 5.91 Å². The fourth-order valence-electron chi connectivity index (χ4n) is 1.95. The molecule has 1 heterocycles. The lowest BCUT2D eigenvalue weighted by atomic mass is 10.2. The number of alkyl carbamates (subject to hydrolysis) is 1. The molecule has 0 fully saturated rings. The van der Waals surface area contributed by atoms with E-state index in [1.165, 1.54) is 11.3 Å². The minimum absolute atomic E-state index is 0.0479. The number of aromatic nitrogens is 1. The van der Waals surface area contributed by atoms with E-state index in [9.17, 15) is 14.4 Å². The Labute approximate surface area is 167 Å². The maximum absolute atomic E-state index is 12.5. The number of thiazole rings is 1. The second-order valence-corrected chi connectivity index (χ2v) is 8.44. The lowest BCUT2D eigenvalue weighted by Crippen LogP contribution is -2.46. The van der Waals surface area contributed by atoms with Crippen LogP contribution in [0.2, 0.25) is 0 Å². The van der Waals surface area contributed by atoms with Crippen LogP contribution in [0, 0.1) is 0 Å². The normalized spacial score (nSPS) is 12.2. The van der Waals surface area contributed by atoms with Crippen LogP contribution >= 0.6 is 23.1 Å². The predicted molar refractivity (Wildman–Crippen MR) is 107 cm³/mol. The third-order valence-corrected chi connectivity index (χ3v) is 4.48. The van der Waals surface area contributed by atoms with Gasteiger partial charge in [0.15, 0.2) is 5.13 Å². The molecule has 2 amide bonds. The van der Waals surface area contributed by atoms with E-state index < -0.39 is 17.7 Å². The Morgan fingerprint density at radius 3 is 2.63 bits per heavy atom. The Balaban J connectivity index is 2.69. The second kappa shape index (κ2) is 11.1. The van der Waals surface area contributed by atoms with Gasteiger partial charge in [-0.15, -0.1) is 11.3 Å². The molecule has 1 aromatic heterocycles. The molecule has 0 aliphatic heterocycles. The molecule has 0 radical (unpaired) electrons. The minimum atomic E-state index is -0.746. The molecular formula is C17H27N3O5S2. The summed E-state index contributed by atoms with van der Waals surface area (Å²) in [6.07, 6.45) is 1.77. The number of hydrogen-bond acceptors (Lipinski definition) is 8. The first-order chi connectivity index (χ1) is 12.6. The van der Waals surface area contributed by atoms with Crippen LogP contribution in [-0.4, -0.2) is 53.2 Å². The van der Waals surface area contributed by atoms with Gasteiger partial charge in [0.1, 0.15) is 11.6 Å². The summed E-state index contributed by atoms with van der Waals surface area (Å²) in [4.78, 5) is 40.2. The van der Waals surface area contributed by atoms with Gasteiger partial charge >= 0.3 is 12.1 Å². The molecule has 1 atom stereocenters. The van der Waals surface area contributed by atoms with Crippen molar-refractivity contribution in [1.29, 1.82) is 0 Å². The van der Waals surface area contributed by atoms with Crippen molar-refractivity contribution >= 4 is 46.2 Å². The molecule has 0 aromatic carbocycles. The van der Waals surface area contributed by atoms with E-state index in [1.807, 2.05) is 6.26 Å². The van der Waals surface area contributed by atoms with Gasteiger partial charge < -0.3 is 20.1 Å². The summed E-state index contributed by atoms with van der Waals surface area (Å²) in [5, 5.41) is 7.33. The molecule has 8 nitrogen and oxygen atoms in total. The van der Waals surface area contributed by atoms with Gasteiger partial charge in [-0.05, 0) is 46.1 Å². The van der Waals surface area contributed by atoms with Crippen LogP contribution in [0.5, 0.6) is 0 Å². The smallest absolute Gasteiger partial charge is 0.408 e. The first-order valence-electron chi connectivity index (χ1n) is 8.54. The van der Waals surface area contributed by atoms with Crippen LogP contribution in [0.1, 0.15) is 39.8 Å². The zero-order valence-electron chi connectivity index (χ0n) is 16.3.